The van der Waals surface area contributed by atoms with Crippen molar-refractivity contribution in [3.05, 3.63) is 113 Å². The van der Waals surface area contributed by atoms with Crippen LogP contribution in [0.5, 0.6) is 0 Å². The number of rotatable bonds is 7. The topological polar surface area (TPSA) is 66.8 Å². The van der Waals surface area contributed by atoms with Crippen molar-refractivity contribution in [2.45, 2.75) is 0 Å². The lowest BCUT2D eigenvalue weighted by atomic mass is 10.1. The molecule has 0 saturated heterocycles. The summed E-state index contributed by atoms with van der Waals surface area (Å²) in [4.78, 5) is 44.2. The first kappa shape index (κ1) is 21.5. The fraction of sp³-hybridized carbons (Fsp3) is 0.0769. The van der Waals surface area contributed by atoms with Gasteiger partial charge in [-0.15, -0.1) is 0 Å². The first-order chi connectivity index (χ1) is 15.6. The number of amides is 1. The number of aliphatic imine (C=N–C) groups is 1. The van der Waals surface area contributed by atoms with Gasteiger partial charge in [-0.1, -0.05) is 103 Å². The molecule has 6 heteroatoms. The zero-order chi connectivity index (χ0) is 22.3. The standard InChI is InChI=1S/C26H20N2O3S/c29-23(20-12-6-2-7-13-20)17-28-25(31)22(16-19-10-4-1-5-11-19)27-26(28)32-18-24(30)21-14-8-3-9-15-21/h1-16H,17-18H2/b22-16-. The van der Waals surface area contributed by atoms with Crippen LogP contribution in [0.15, 0.2) is 102 Å². The minimum atomic E-state index is -0.354. The second-order valence-electron chi connectivity index (χ2n) is 7.09. The number of benzene rings is 3. The SMILES string of the molecule is O=C(CSC1=N/C(=C\c2ccccc2)C(=O)N1CC(=O)c1ccccc1)c1ccccc1. The van der Waals surface area contributed by atoms with Crippen LogP contribution in [0.3, 0.4) is 0 Å². The van der Waals surface area contributed by atoms with Crippen molar-refractivity contribution in [3.8, 4) is 0 Å². The number of ketones is 2. The Kier molecular flexibility index (Phi) is 6.72. The van der Waals surface area contributed by atoms with Gasteiger partial charge in [0, 0.05) is 11.1 Å². The van der Waals surface area contributed by atoms with Crippen molar-refractivity contribution < 1.29 is 14.4 Å². The minimum absolute atomic E-state index is 0.0689. The predicted octanol–water partition coefficient (Wildman–Crippen LogP) is 4.72. The third-order valence-corrected chi connectivity index (χ3v) is 5.82. The van der Waals surface area contributed by atoms with Gasteiger partial charge in [0.05, 0.1) is 12.3 Å². The number of hydrogen-bond donors (Lipinski definition) is 0. The van der Waals surface area contributed by atoms with E-state index in [1.807, 2.05) is 42.5 Å². The van der Waals surface area contributed by atoms with E-state index in [-0.39, 0.29) is 35.5 Å². The molecular weight excluding hydrogens is 420 g/mol. The van der Waals surface area contributed by atoms with Crippen LogP contribution in [0.4, 0.5) is 0 Å². The first-order valence-corrected chi connectivity index (χ1v) is 11.1. The van der Waals surface area contributed by atoms with Crippen LogP contribution in [0.2, 0.25) is 0 Å². The highest BCUT2D eigenvalue weighted by Crippen LogP contribution is 2.25. The van der Waals surface area contributed by atoms with E-state index in [4.69, 9.17) is 0 Å². The average molecular weight is 441 g/mol. The van der Waals surface area contributed by atoms with Gasteiger partial charge in [0.15, 0.2) is 16.7 Å². The van der Waals surface area contributed by atoms with E-state index < -0.39 is 0 Å². The van der Waals surface area contributed by atoms with Gasteiger partial charge in [0.2, 0.25) is 0 Å². The van der Waals surface area contributed by atoms with Crippen molar-refractivity contribution in [1.29, 1.82) is 0 Å². The van der Waals surface area contributed by atoms with E-state index in [0.29, 0.717) is 16.3 Å². The number of amidine groups is 1. The number of carbonyl (C=O) groups excluding carboxylic acids is 3. The zero-order valence-corrected chi connectivity index (χ0v) is 18.0. The van der Waals surface area contributed by atoms with Gasteiger partial charge in [-0.25, -0.2) is 4.99 Å². The van der Waals surface area contributed by atoms with Crippen molar-refractivity contribution in [1.82, 2.24) is 4.90 Å². The number of thioether (sulfide) groups is 1. The molecule has 32 heavy (non-hydrogen) atoms. The second kappa shape index (κ2) is 10.0. The number of hydrogen-bond acceptors (Lipinski definition) is 5. The van der Waals surface area contributed by atoms with Crippen LogP contribution in [-0.2, 0) is 4.79 Å². The zero-order valence-electron chi connectivity index (χ0n) is 17.2. The molecule has 1 amide bonds. The molecule has 0 aliphatic carbocycles. The van der Waals surface area contributed by atoms with Crippen molar-refractivity contribution in [3.63, 3.8) is 0 Å². The Morgan fingerprint density at radius 1 is 0.781 bits per heavy atom. The normalized spacial score (nSPS) is 14.5. The molecule has 0 spiro atoms. The predicted molar refractivity (Wildman–Crippen MR) is 128 cm³/mol. The molecule has 158 valence electrons. The van der Waals surface area contributed by atoms with Gasteiger partial charge >= 0.3 is 0 Å². The Bertz CT molecular complexity index is 1190. The fourth-order valence-corrected chi connectivity index (χ4v) is 4.08. The summed E-state index contributed by atoms with van der Waals surface area (Å²) in [7, 11) is 0. The summed E-state index contributed by atoms with van der Waals surface area (Å²) in [6.45, 7) is -0.139. The van der Waals surface area contributed by atoms with Crippen molar-refractivity contribution in [2.75, 3.05) is 12.3 Å². The van der Waals surface area contributed by atoms with Gasteiger partial charge in [0.1, 0.15) is 5.70 Å². The van der Waals surface area contributed by atoms with Crippen LogP contribution in [0, 0.1) is 0 Å². The summed E-state index contributed by atoms with van der Waals surface area (Å²) in [5.74, 6) is -0.499. The lowest BCUT2D eigenvalue weighted by Crippen LogP contribution is -2.35. The van der Waals surface area contributed by atoms with Crippen LogP contribution in [0.25, 0.3) is 6.08 Å². The highest BCUT2D eigenvalue weighted by atomic mass is 32.2. The maximum absolute atomic E-state index is 13.1. The number of carbonyl (C=O) groups is 3. The summed E-state index contributed by atoms with van der Waals surface area (Å²) >= 11 is 1.16. The monoisotopic (exact) mass is 440 g/mol. The highest BCUT2D eigenvalue weighted by molar-refractivity contribution is 8.14. The Morgan fingerprint density at radius 2 is 1.31 bits per heavy atom. The number of nitrogens with zero attached hydrogens (tertiary/aromatic N) is 2. The Morgan fingerprint density at radius 3 is 1.91 bits per heavy atom. The van der Waals surface area contributed by atoms with Gasteiger partial charge < -0.3 is 0 Å². The maximum atomic E-state index is 13.1. The Hall–Kier alpha value is -3.77. The van der Waals surface area contributed by atoms with E-state index in [1.165, 1.54) is 4.90 Å². The molecule has 0 unspecified atom stereocenters. The Balaban J connectivity index is 1.56. The molecule has 0 fully saturated rings. The van der Waals surface area contributed by atoms with Crippen LogP contribution < -0.4 is 0 Å². The van der Waals surface area contributed by atoms with Crippen molar-refractivity contribution in [2.24, 2.45) is 4.99 Å². The molecule has 3 aromatic rings. The van der Waals surface area contributed by atoms with E-state index in [0.717, 1.165) is 17.3 Å². The van der Waals surface area contributed by atoms with Gasteiger partial charge in [-0.2, -0.15) is 0 Å². The molecule has 0 radical (unpaired) electrons. The van der Waals surface area contributed by atoms with Gasteiger partial charge in [-0.3, -0.25) is 19.3 Å². The number of Topliss-reactive ketones (excluding diaryl/α,β-unsaturated/α-hetero) is 2. The largest absolute Gasteiger partial charge is 0.293 e. The summed E-state index contributed by atoms with van der Waals surface area (Å²) in [6.07, 6.45) is 1.69. The van der Waals surface area contributed by atoms with E-state index >= 15 is 0 Å². The molecular formula is C26H20N2O3S. The third-order valence-electron chi connectivity index (χ3n) is 4.84. The lowest BCUT2D eigenvalue weighted by Gasteiger charge is -2.16. The molecule has 3 aromatic carbocycles. The molecule has 0 saturated carbocycles. The molecule has 0 aromatic heterocycles. The molecule has 1 aliphatic rings. The molecule has 1 aliphatic heterocycles. The third kappa shape index (κ3) is 5.10. The quantitative estimate of drug-likeness (QED) is 0.394. The summed E-state index contributed by atoms with van der Waals surface area (Å²) in [5.41, 5.74) is 2.19. The Labute approximate surface area is 190 Å². The fourth-order valence-electron chi connectivity index (χ4n) is 3.18. The van der Waals surface area contributed by atoms with Crippen LogP contribution >= 0.6 is 11.8 Å². The average Bonchev–Trinajstić information content (AvgIpc) is 3.13. The molecule has 5 nitrogen and oxygen atoms in total. The lowest BCUT2D eigenvalue weighted by molar-refractivity contribution is -0.122. The molecule has 0 bridgehead atoms. The van der Waals surface area contributed by atoms with Crippen LogP contribution in [-0.4, -0.2) is 39.8 Å². The van der Waals surface area contributed by atoms with Crippen LogP contribution in [0.1, 0.15) is 26.3 Å². The summed E-state index contributed by atoms with van der Waals surface area (Å²) in [5, 5.41) is 0.353. The van der Waals surface area contributed by atoms with E-state index in [1.54, 1.807) is 54.6 Å². The van der Waals surface area contributed by atoms with Crippen molar-refractivity contribution >= 4 is 40.5 Å². The molecule has 1 heterocycles. The second-order valence-corrected chi connectivity index (χ2v) is 8.04. The highest BCUT2D eigenvalue weighted by Gasteiger charge is 2.32. The molecule has 0 atom stereocenters. The smallest absolute Gasteiger partial charge is 0.278 e. The van der Waals surface area contributed by atoms with E-state index in [2.05, 4.69) is 4.99 Å². The van der Waals surface area contributed by atoms with Gasteiger partial charge in [-0.05, 0) is 11.6 Å². The summed E-state index contributed by atoms with van der Waals surface area (Å²) < 4.78 is 0. The summed E-state index contributed by atoms with van der Waals surface area (Å²) in [6, 6.07) is 27.2. The minimum Gasteiger partial charge on any atom is -0.293 e. The van der Waals surface area contributed by atoms with Gasteiger partial charge in [0.25, 0.3) is 5.91 Å². The van der Waals surface area contributed by atoms with E-state index in [9.17, 15) is 14.4 Å². The molecule has 4 rings (SSSR count). The maximum Gasteiger partial charge on any atom is 0.278 e. The molecule has 0 N–H and O–H groups in total. The first-order valence-electron chi connectivity index (χ1n) is 10.1.